The molecule has 0 saturated heterocycles. The molecule has 1 amide bonds. The minimum Gasteiger partial charge on any atom is -0.503 e. The Labute approximate surface area is 126 Å². The third-order valence-electron chi connectivity index (χ3n) is 3.27. The maximum atomic E-state index is 11.1. The number of pyridine rings is 2. The van der Waals surface area contributed by atoms with E-state index in [1.54, 1.807) is 18.5 Å². The highest BCUT2D eigenvalue weighted by molar-refractivity contribution is 5.98. The van der Waals surface area contributed by atoms with Crippen molar-refractivity contribution in [2.24, 2.45) is 5.73 Å². The van der Waals surface area contributed by atoms with E-state index >= 15 is 0 Å². The average molecular weight is 291 g/mol. The van der Waals surface area contributed by atoms with Gasteiger partial charge in [0, 0.05) is 23.3 Å². The van der Waals surface area contributed by atoms with Crippen LogP contribution in [0, 0.1) is 0 Å². The summed E-state index contributed by atoms with van der Waals surface area (Å²) in [6.07, 6.45) is 4.72. The Morgan fingerprint density at radius 2 is 1.86 bits per heavy atom. The van der Waals surface area contributed by atoms with Gasteiger partial charge in [0.25, 0.3) is 5.91 Å². The zero-order valence-electron chi connectivity index (χ0n) is 11.6. The first-order valence-corrected chi connectivity index (χ1v) is 6.66. The van der Waals surface area contributed by atoms with E-state index in [9.17, 15) is 9.90 Å². The number of hydrogen-bond donors (Lipinski definition) is 2. The van der Waals surface area contributed by atoms with Gasteiger partial charge >= 0.3 is 0 Å². The van der Waals surface area contributed by atoms with Crippen molar-refractivity contribution in [3.63, 3.8) is 0 Å². The minimum absolute atomic E-state index is 0.489. The second-order valence-electron chi connectivity index (χ2n) is 4.74. The molecule has 2 aromatic heterocycles. The van der Waals surface area contributed by atoms with E-state index in [2.05, 4.69) is 9.97 Å². The van der Waals surface area contributed by atoms with Crippen LogP contribution in [0.3, 0.4) is 0 Å². The second kappa shape index (κ2) is 5.65. The minimum atomic E-state index is -0.869. The summed E-state index contributed by atoms with van der Waals surface area (Å²) in [4.78, 5) is 19.7. The van der Waals surface area contributed by atoms with Gasteiger partial charge in [0.05, 0.1) is 11.2 Å². The summed E-state index contributed by atoms with van der Waals surface area (Å²) in [6, 6.07) is 13.0. The lowest BCUT2D eigenvalue weighted by atomic mass is 10.0. The van der Waals surface area contributed by atoms with Crippen LogP contribution in [0.1, 0.15) is 5.56 Å². The van der Waals surface area contributed by atoms with Crippen LogP contribution in [0.4, 0.5) is 0 Å². The van der Waals surface area contributed by atoms with Gasteiger partial charge in [-0.2, -0.15) is 0 Å². The van der Waals surface area contributed by atoms with Crippen LogP contribution in [0.5, 0.6) is 0 Å². The zero-order valence-corrected chi connectivity index (χ0v) is 11.6. The molecule has 0 atom stereocenters. The van der Waals surface area contributed by atoms with Crippen molar-refractivity contribution < 1.29 is 9.90 Å². The fraction of sp³-hybridized carbons (Fsp3) is 0. The van der Waals surface area contributed by atoms with Gasteiger partial charge < -0.3 is 10.8 Å². The molecule has 5 heteroatoms. The van der Waals surface area contributed by atoms with Gasteiger partial charge in [-0.3, -0.25) is 9.78 Å². The number of benzene rings is 1. The summed E-state index contributed by atoms with van der Waals surface area (Å²) in [5.74, 6) is -1.36. The number of aromatic nitrogens is 2. The van der Waals surface area contributed by atoms with Crippen LogP contribution in [0.25, 0.3) is 28.2 Å². The molecule has 1 aromatic carbocycles. The van der Waals surface area contributed by atoms with Gasteiger partial charge in [-0.15, -0.1) is 0 Å². The molecule has 0 unspecified atom stereocenters. The molecule has 0 radical (unpaired) electrons. The zero-order chi connectivity index (χ0) is 15.5. The lowest BCUT2D eigenvalue weighted by Gasteiger charge is -2.07. The van der Waals surface area contributed by atoms with Crippen molar-refractivity contribution in [2.45, 2.75) is 0 Å². The summed E-state index contributed by atoms with van der Waals surface area (Å²) in [6.45, 7) is 0. The van der Waals surface area contributed by atoms with E-state index in [4.69, 9.17) is 5.73 Å². The Morgan fingerprint density at radius 1 is 1.14 bits per heavy atom. The van der Waals surface area contributed by atoms with Crippen molar-refractivity contribution >= 4 is 22.9 Å². The summed E-state index contributed by atoms with van der Waals surface area (Å²) >= 11 is 0. The number of carbonyl (C=O) groups is 1. The second-order valence-corrected chi connectivity index (χ2v) is 4.74. The van der Waals surface area contributed by atoms with Crippen LogP contribution in [-0.2, 0) is 4.79 Å². The molecular formula is C17H13N3O2. The van der Waals surface area contributed by atoms with Gasteiger partial charge in [0.15, 0.2) is 5.76 Å². The van der Waals surface area contributed by atoms with Crippen molar-refractivity contribution in [3.05, 3.63) is 66.2 Å². The molecule has 0 spiro atoms. The molecule has 3 aromatic rings. The SMILES string of the molecule is NC(=O)C(O)=Cc1cc(-c2ccncc2)nc2ccccc12. The molecule has 5 nitrogen and oxygen atoms in total. The maximum absolute atomic E-state index is 11.1. The Balaban J connectivity index is 2.25. The number of para-hydroxylation sites is 1. The average Bonchev–Trinajstić information content (AvgIpc) is 2.55. The number of hydrogen-bond acceptors (Lipinski definition) is 4. The molecule has 0 aliphatic heterocycles. The highest BCUT2D eigenvalue weighted by atomic mass is 16.3. The summed E-state index contributed by atoms with van der Waals surface area (Å²) < 4.78 is 0. The van der Waals surface area contributed by atoms with Crippen LogP contribution < -0.4 is 5.73 Å². The number of rotatable bonds is 3. The van der Waals surface area contributed by atoms with Crippen LogP contribution in [-0.4, -0.2) is 21.0 Å². The summed E-state index contributed by atoms with van der Waals surface area (Å²) in [5.41, 5.74) is 8.16. The first-order valence-electron chi connectivity index (χ1n) is 6.66. The number of carbonyl (C=O) groups excluding carboxylic acids is 1. The lowest BCUT2D eigenvalue weighted by Crippen LogP contribution is -2.13. The molecule has 3 N–H and O–H groups in total. The Bertz CT molecular complexity index is 873. The fourth-order valence-electron chi connectivity index (χ4n) is 2.21. The van der Waals surface area contributed by atoms with E-state index < -0.39 is 11.7 Å². The number of nitrogens with zero attached hydrogens (tertiary/aromatic N) is 2. The topological polar surface area (TPSA) is 89.1 Å². The van der Waals surface area contributed by atoms with E-state index in [-0.39, 0.29) is 0 Å². The molecule has 22 heavy (non-hydrogen) atoms. The number of primary amides is 1. The van der Waals surface area contributed by atoms with E-state index in [0.29, 0.717) is 5.56 Å². The third kappa shape index (κ3) is 2.64. The predicted molar refractivity (Wildman–Crippen MR) is 84.8 cm³/mol. The van der Waals surface area contributed by atoms with Crippen LogP contribution in [0.15, 0.2) is 60.6 Å². The number of amides is 1. The normalized spacial score (nSPS) is 11.5. The molecule has 0 aliphatic rings. The Hall–Kier alpha value is -3.21. The lowest BCUT2D eigenvalue weighted by molar-refractivity contribution is -0.116. The predicted octanol–water partition coefficient (Wildman–Crippen LogP) is 2.68. The number of nitrogens with two attached hydrogens (primary N) is 1. The van der Waals surface area contributed by atoms with Crippen molar-refractivity contribution in [2.75, 3.05) is 0 Å². The fourth-order valence-corrected chi connectivity index (χ4v) is 2.21. The van der Waals surface area contributed by atoms with Crippen LogP contribution in [0.2, 0.25) is 0 Å². The van der Waals surface area contributed by atoms with Gasteiger partial charge in [0.2, 0.25) is 0 Å². The molecule has 0 fully saturated rings. The smallest absolute Gasteiger partial charge is 0.283 e. The van der Waals surface area contributed by atoms with Crippen LogP contribution >= 0.6 is 0 Å². The number of aliphatic hydroxyl groups excluding tert-OH is 1. The first kappa shape index (κ1) is 13.8. The van der Waals surface area contributed by atoms with E-state index in [1.165, 1.54) is 6.08 Å². The monoisotopic (exact) mass is 291 g/mol. The summed E-state index contributed by atoms with van der Waals surface area (Å²) in [5, 5.41) is 10.5. The highest BCUT2D eigenvalue weighted by Gasteiger charge is 2.08. The first-order chi connectivity index (χ1) is 10.6. The maximum Gasteiger partial charge on any atom is 0.283 e. The van der Waals surface area contributed by atoms with E-state index in [0.717, 1.165) is 22.2 Å². The Morgan fingerprint density at radius 3 is 2.59 bits per heavy atom. The number of aliphatic hydroxyl groups is 1. The van der Waals surface area contributed by atoms with Gasteiger partial charge in [0.1, 0.15) is 0 Å². The number of fused-ring (bicyclic) bond motifs is 1. The molecule has 0 aliphatic carbocycles. The molecule has 0 saturated carbocycles. The van der Waals surface area contributed by atoms with Gasteiger partial charge in [-0.25, -0.2) is 4.98 Å². The van der Waals surface area contributed by atoms with Crippen molar-refractivity contribution in [1.29, 1.82) is 0 Å². The molecule has 0 bridgehead atoms. The molecular weight excluding hydrogens is 278 g/mol. The van der Waals surface area contributed by atoms with Crippen molar-refractivity contribution in [1.82, 2.24) is 9.97 Å². The van der Waals surface area contributed by atoms with E-state index in [1.807, 2.05) is 36.4 Å². The summed E-state index contributed by atoms with van der Waals surface area (Å²) in [7, 11) is 0. The quantitative estimate of drug-likeness (QED) is 0.573. The van der Waals surface area contributed by atoms with Gasteiger partial charge in [-0.1, -0.05) is 18.2 Å². The standard InChI is InChI=1S/C17H13N3O2/c18-17(22)16(21)10-12-9-15(11-5-7-19-8-6-11)20-14-4-2-1-3-13(12)14/h1-10,21H,(H2,18,22). The van der Waals surface area contributed by atoms with Crippen molar-refractivity contribution in [3.8, 4) is 11.3 Å². The molecule has 2 heterocycles. The largest absolute Gasteiger partial charge is 0.503 e. The highest BCUT2D eigenvalue weighted by Crippen LogP contribution is 2.25. The van der Waals surface area contributed by atoms with Gasteiger partial charge in [-0.05, 0) is 35.9 Å². The Kier molecular flexibility index (Phi) is 3.53. The molecule has 108 valence electrons. The molecule has 3 rings (SSSR count). The third-order valence-corrected chi connectivity index (χ3v) is 3.27.